The van der Waals surface area contributed by atoms with E-state index in [-0.39, 0.29) is 24.4 Å². The molecule has 3 aromatic carbocycles. The molecule has 1 aliphatic rings. The molecule has 1 aliphatic heterocycles. The molecule has 2 heterocycles. The zero-order valence-electron chi connectivity index (χ0n) is 19.7. The van der Waals surface area contributed by atoms with E-state index < -0.39 is 0 Å². The highest BCUT2D eigenvalue weighted by Gasteiger charge is 2.35. The Hall–Kier alpha value is -3.64. The predicted molar refractivity (Wildman–Crippen MR) is 140 cm³/mol. The fourth-order valence-corrected chi connectivity index (χ4v) is 5.67. The summed E-state index contributed by atoms with van der Waals surface area (Å²) in [5.74, 6) is 0.715. The Morgan fingerprint density at radius 3 is 2.46 bits per heavy atom. The molecule has 1 saturated heterocycles. The van der Waals surface area contributed by atoms with Gasteiger partial charge in [-0.25, -0.2) is 0 Å². The van der Waals surface area contributed by atoms with Gasteiger partial charge in [-0.1, -0.05) is 60.7 Å². The monoisotopic (exact) mass is 484 g/mol. The van der Waals surface area contributed by atoms with Gasteiger partial charge in [0.05, 0.1) is 18.0 Å². The Kier molecular flexibility index (Phi) is 6.82. The van der Waals surface area contributed by atoms with Crippen molar-refractivity contribution in [2.75, 3.05) is 20.2 Å². The van der Waals surface area contributed by atoms with Crippen LogP contribution in [0.4, 0.5) is 0 Å². The second kappa shape index (κ2) is 10.3. The van der Waals surface area contributed by atoms with Gasteiger partial charge in [-0.15, -0.1) is 11.3 Å². The maximum atomic E-state index is 13.4. The average Bonchev–Trinajstić information content (AvgIpc) is 3.34. The largest absolute Gasteiger partial charge is 0.497 e. The molecule has 35 heavy (non-hydrogen) atoms. The molecule has 5 rings (SSSR count). The molecule has 0 radical (unpaired) electrons. The third-order valence-electron chi connectivity index (χ3n) is 6.56. The molecule has 0 bridgehead atoms. The Morgan fingerprint density at radius 2 is 1.71 bits per heavy atom. The van der Waals surface area contributed by atoms with Crippen LogP contribution in [-0.2, 0) is 17.8 Å². The van der Waals surface area contributed by atoms with Crippen LogP contribution in [0.5, 0.6) is 5.75 Å². The summed E-state index contributed by atoms with van der Waals surface area (Å²) < 4.78 is 6.35. The number of hydrogen-bond acceptors (Lipinski definition) is 4. The zero-order valence-corrected chi connectivity index (χ0v) is 20.5. The van der Waals surface area contributed by atoms with Crippen LogP contribution < -0.4 is 4.74 Å². The quantitative estimate of drug-likeness (QED) is 0.353. The molecule has 178 valence electrons. The number of piperazine rings is 1. The van der Waals surface area contributed by atoms with E-state index >= 15 is 0 Å². The Morgan fingerprint density at radius 1 is 0.971 bits per heavy atom. The van der Waals surface area contributed by atoms with Gasteiger partial charge in [0, 0.05) is 17.8 Å². The van der Waals surface area contributed by atoms with Crippen LogP contribution in [0.25, 0.3) is 10.1 Å². The minimum absolute atomic E-state index is 0.0143. The summed E-state index contributed by atoms with van der Waals surface area (Å²) in [4.78, 5) is 31.2. The van der Waals surface area contributed by atoms with E-state index in [1.165, 1.54) is 16.9 Å². The van der Waals surface area contributed by atoms with Crippen LogP contribution in [0.1, 0.15) is 27.2 Å². The fourth-order valence-electron chi connectivity index (χ4n) is 4.64. The van der Waals surface area contributed by atoms with Crippen LogP contribution in [0, 0.1) is 0 Å². The number of carbonyl (C=O) groups excluding carboxylic acids is 2. The van der Waals surface area contributed by atoms with Crippen molar-refractivity contribution >= 4 is 33.2 Å². The van der Waals surface area contributed by atoms with Gasteiger partial charge in [-0.05, 0) is 53.6 Å². The summed E-state index contributed by atoms with van der Waals surface area (Å²) in [7, 11) is 1.64. The second-order valence-electron chi connectivity index (χ2n) is 8.88. The van der Waals surface area contributed by atoms with E-state index in [9.17, 15) is 9.59 Å². The molecule has 1 fully saturated rings. The number of methoxy groups -OCH3 is 1. The third kappa shape index (κ3) is 5.23. The van der Waals surface area contributed by atoms with E-state index in [1.807, 2.05) is 77.7 Å². The summed E-state index contributed by atoms with van der Waals surface area (Å²) >= 11 is 1.49. The Balaban J connectivity index is 1.36. The van der Waals surface area contributed by atoms with Crippen molar-refractivity contribution in [3.05, 3.63) is 101 Å². The molecule has 1 aromatic heterocycles. The first-order valence-electron chi connectivity index (χ1n) is 11.8. The fraction of sp³-hybridized carbons (Fsp3) is 0.241. The Bertz CT molecular complexity index is 1280. The van der Waals surface area contributed by atoms with Gasteiger partial charge in [0.1, 0.15) is 12.3 Å². The number of ether oxygens (including phenoxy) is 1. The van der Waals surface area contributed by atoms with Crippen molar-refractivity contribution in [3.63, 3.8) is 0 Å². The zero-order chi connectivity index (χ0) is 24.2. The maximum absolute atomic E-state index is 13.4. The number of benzene rings is 3. The van der Waals surface area contributed by atoms with E-state index in [1.54, 1.807) is 12.0 Å². The number of thiophene rings is 1. The van der Waals surface area contributed by atoms with Gasteiger partial charge in [-0.2, -0.15) is 0 Å². The topological polar surface area (TPSA) is 49.9 Å². The maximum Gasteiger partial charge on any atom is 0.264 e. The number of hydrogen-bond donors (Lipinski definition) is 0. The van der Waals surface area contributed by atoms with Crippen LogP contribution in [0.15, 0.2) is 84.9 Å². The summed E-state index contributed by atoms with van der Waals surface area (Å²) in [6.07, 6.45) is 1.64. The van der Waals surface area contributed by atoms with Crippen LogP contribution in [0.3, 0.4) is 0 Å². The number of carbonyl (C=O) groups is 2. The summed E-state index contributed by atoms with van der Waals surface area (Å²) in [6, 6.07) is 28.0. The minimum atomic E-state index is -0.0617. The van der Waals surface area contributed by atoms with Crippen LogP contribution in [-0.4, -0.2) is 47.9 Å². The van der Waals surface area contributed by atoms with Gasteiger partial charge in [-0.3, -0.25) is 9.59 Å². The number of nitrogens with zero attached hydrogens (tertiary/aromatic N) is 2. The van der Waals surface area contributed by atoms with E-state index in [4.69, 9.17) is 4.74 Å². The number of rotatable bonds is 7. The van der Waals surface area contributed by atoms with Gasteiger partial charge in [0.25, 0.3) is 5.91 Å². The second-order valence-corrected chi connectivity index (χ2v) is 9.97. The van der Waals surface area contributed by atoms with E-state index in [0.29, 0.717) is 18.0 Å². The predicted octanol–water partition coefficient (Wildman–Crippen LogP) is 5.40. The highest BCUT2D eigenvalue weighted by Crippen LogP contribution is 2.28. The number of aryl methyl sites for hydroxylation is 1. The first-order valence-corrected chi connectivity index (χ1v) is 12.7. The molecule has 0 saturated carbocycles. The molecule has 4 aromatic rings. The first kappa shape index (κ1) is 23.1. The molecule has 5 nitrogen and oxygen atoms in total. The molecule has 0 spiro atoms. The van der Waals surface area contributed by atoms with Gasteiger partial charge >= 0.3 is 0 Å². The van der Waals surface area contributed by atoms with Gasteiger partial charge < -0.3 is 14.5 Å². The highest BCUT2D eigenvalue weighted by atomic mass is 32.1. The molecule has 6 heteroatoms. The molecule has 1 unspecified atom stereocenters. The van der Waals surface area contributed by atoms with Gasteiger partial charge in [0.15, 0.2) is 0 Å². The summed E-state index contributed by atoms with van der Waals surface area (Å²) in [5, 5.41) is 1.06. The van der Waals surface area contributed by atoms with E-state index in [2.05, 4.69) is 12.1 Å². The lowest BCUT2D eigenvalue weighted by molar-refractivity contribution is -0.139. The van der Waals surface area contributed by atoms with Crippen molar-refractivity contribution in [3.8, 4) is 5.75 Å². The van der Waals surface area contributed by atoms with Crippen molar-refractivity contribution in [1.82, 2.24) is 9.80 Å². The van der Waals surface area contributed by atoms with Gasteiger partial charge in [0.2, 0.25) is 5.91 Å². The summed E-state index contributed by atoms with van der Waals surface area (Å²) in [5.41, 5.74) is 2.28. The van der Waals surface area contributed by atoms with E-state index in [0.717, 1.165) is 34.2 Å². The van der Waals surface area contributed by atoms with Crippen molar-refractivity contribution in [2.45, 2.75) is 25.4 Å². The molecule has 2 amide bonds. The third-order valence-corrected chi connectivity index (χ3v) is 7.67. The summed E-state index contributed by atoms with van der Waals surface area (Å²) in [6.45, 7) is 1.15. The molecule has 0 N–H and O–H groups in total. The lowest BCUT2D eigenvalue weighted by Crippen LogP contribution is -2.57. The molecular formula is C29H28N2O3S. The lowest BCUT2D eigenvalue weighted by Gasteiger charge is -2.41. The smallest absolute Gasteiger partial charge is 0.264 e. The number of fused-ring (bicyclic) bond motifs is 1. The standard InChI is InChI=1S/C29H28N2O3S/c1-34-25-15-12-22(13-16-25)18-31-24(14-11-21-7-3-2-4-8-21)19-30(20-28(31)32)29(33)27-17-23-9-5-6-10-26(23)35-27/h2-10,12-13,15-17,24H,11,14,18-20H2,1H3. The normalized spacial score (nSPS) is 16.0. The molecule has 0 aliphatic carbocycles. The lowest BCUT2D eigenvalue weighted by atomic mass is 10.0. The molecule has 1 atom stereocenters. The van der Waals surface area contributed by atoms with Crippen molar-refractivity contribution < 1.29 is 14.3 Å². The van der Waals surface area contributed by atoms with Crippen molar-refractivity contribution in [1.29, 1.82) is 0 Å². The van der Waals surface area contributed by atoms with Crippen LogP contribution in [0.2, 0.25) is 0 Å². The first-order chi connectivity index (χ1) is 17.1. The van der Waals surface area contributed by atoms with Crippen molar-refractivity contribution in [2.24, 2.45) is 0 Å². The highest BCUT2D eigenvalue weighted by molar-refractivity contribution is 7.20. The Labute approximate surface area is 209 Å². The average molecular weight is 485 g/mol. The van der Waals surface area contributed by atoms with Crippen LogP contribution >= 0.6 is 11.3 Å². The number of amides is 2. The molecular weight excluding hydrogens is 456 g/mol. The SMILES string of the molecule is COc1ccc(CN2C(=O)CN(C(=O)c3cc4ccccc4s3)CC2CCc2ccccc2)cc1. The minimum Gasteiger partial charge on any atom is -0.497 e.